The van der Waals surface area contributed by atoms with Crippen molar-refractivity contribution in [3.8, 4) is 0 Å². The maximum atomic E-state index is 12.5. The lowest BCUT2D eigenvalue weighted by molar-refractivity contribution is 0.0934. The van der Waals surface area contributed by atoms with Gasteiger partial charge in [-0.3, -0.25) is 0 Å². The van der Waals surface area contributed by atoms with E-state index in [1.165, 1.54) is 21.3 Å². The molecule has 1 saturated heterocycles. The highest BCUT2D eigenvalue weighted by Gasteiger charge is 2.30. The Kier molecular flexibility index (Phi) is 4.69. The first-order chi connectivity index (χ1) is 9.95. The van der Waals surface area contributed by atoms with Crippen molar-refractivity contribution in [3.05, 3.63) is 24.3 Å². The fourth-order valence-electron chi connectivity index (χ4n) is 2.15. The van der Waals surface area contributed by atoms with Gasteiger partial charge < -0.3 is 15.4 Å². The molecule has 1 aliphatic rings. The average molecular weight is 313 g/mol. The summed E-state index contributed by atoms with van der Waals surface area (Å²) in [5, 5.41) is 0. The predicted octanol–water partition coefficient (Wildman–Crippen LogP) is 0.732. The number of amides is 1. The standard InChI is InChI=1S/C13H19N3O4S/c1-2-20-13(17)15-6-8-16(9-7-15)21(18,19)12-5-3-4-11(14)10-12/h3-5,10H,2,6-9,14H2,1H3. The van der Waals surface area contributed by atoms with Crippen molar-refractivity contribution >= 4 is 21.8 Å². The Hall–Kier alpha value is -1.80. The number of anilines is 1. The van der Waals surface area contributed by atoms with Gasteiger partial charge in [-0.15, -0.1) is 0 Å². The number of carbonyl (C=O) groups is 1. The molecule has 0 radical (unpaired) electrons. The SMILES string of the molecule is CCOC(=O)N1CCN(S(=O)(=O)c2cccc(N)c2)CC1. The molecule has 0 atom stereocenters. The maximum absolute atomic E-state index is 12.5. The third-order valence-corrected chi connectivity index (χ3v) is 5.16. The molecule has 0 saturated carbocycles. The molecule has 0 spiro atoms. The summed E-state index contributed by atoms with van der Waals surface area (Å²) in [6.45, 7) is 3.17. The molecule has 0 bridgehead atoms. The van der Waals surface area contributed by atoms with Crippen molar-refractivity contribution in [3.63, 3.8) is 0 Å². The molecule has 1 aliphatic heterocycles. The third kappa shape index (κ3) is 3.45. The molecule has 0 aliphatic carbocycles. The number of nitrogens with two attached hydrogens (primary N) is 1. The van der Waals surface area contributed by atoms with Gasteiger partial charge in [0.25, 0.3) is 0 Å². The third-order valence-electron chi connectivity index (χ3n) is 3.26. The number of carbonyl (C=O) groups excluding carboxylic acids is 1. The number of nitrogens with zero attached hydrogens (tertiary/aromatic N) is 2. The topological polar surface area (TPSA) is 92.9 Å². The van der Waals surface area contributed by atoms with E-state index in [1.807, 2.05) is 0 Å². The lowest BCUT2D eigenvalue weighted by Gasteiger charge is -2.33. The van der Waals surface area contributed by atoms with Crippen molar-refractivity contribution < 1.29 is 17.9 Å². The van der Waals surface area contributed by atoms with Crippen LogP contribution in [-0.4, -0.2) is 56.5 Å². The first-order valence-electron chi connectivity index (χ1n) is 6.72. The van der Waals surface area contributed by atoms with Crippen molar-refractivity contribution in [2.45, 2.75) is 11.8 Å². The molecule has 1 fully saturated rings. The van der Waals surface area contributed by atoms with Crippen molar-refractivity contribution in [1.82, 2.24) is 9.21 Å². The quantitative estimate of drug-likeness (QED) is 0.831. The smallest absolute Gasteiger partial charge is 0.409 e. The summed E-state index contributed by atoms with van der Waals surface area (Å²) < 4.78 is 31.2. The number of benzene rings is 1. The minimum absolute atomic E-state index is 0.173. The van der Waals surface area contributed by atoms with E-state index in [9.17, 15) is 13.2 Å². The van der Waals surface area contributed by atoms with Gasteiger partial charge in [0.15, 0.2) is 0 Å². The van der Waals surface area contributed by atoms with E-state index < -0.39 is 16.1 Å². The van der Waals surface area contributed by atoms with Crippen molar-refractivity contribution in [2.24, 2.45) is 0 Å². The molecular formula is C13H19N3O4S. The number of hydrogen-bond donors (Lipinski definition) is 1. The molecule has 1 amide bonds. The Morgan fingerprint density at radius 2 is 1.95 bits per heavy atom. The maximum Gasteiger partial charge on any atom is 0.409 e. The fraction of sp³-hybridized carbons (Fsp3) is 0.462. The van der Waals surface area contributed by atoms with Crippen LogP contribution >= 0.6 is 0 Å². The average Bonchev–Trinajstić information content (AvgIpc) is 2.47. The Morgan fingerprint density at radius 1 is 1.29 bits per heavy atom. The number of hydrogen-bond acceptors (Lipinski definition) is 5. The minimum atomic E-state index is -3.57. The molecule has 116 valence electrons. The van der Waals surface area contributed by atoms with Crippen molar-refractivity contribution in [2.75, 3.05) is 38.5 Å². The Labute approximate surface area is 124 Å². The van der Waals surface area contributed by atoms with E-state index in [4.69, 9.17) is 10.5 Å². The van der Waals surface area contributed by atoms with Crippen LogP contribution in [0.15, 0.2) is 29.2 Å². The Morgan fingerprint density at radius 3 is 2.52 bits per heavy atom. The lowest BCUT2D eigenvalue weighted by Crippen LogP contribution is -2.50. The van der Waals surface area contributed by atoms with E-state index in [0.717, 1.165) is 0 Å². The van der Waals surface area contributed by atoms with Crippen LogP contribution in [0, 0.1) is 0 Å². The molecule has 1 aromatic rings. The van der Waals surface area contributed by atoms with Crippen LogP contribution in [0.5, 0.6) is 0 Å². The molecule has 2 N–H and O–H groups in total. The number of sulfonamides is 1. The normalized spacial score (nSPS) is 16.7. The highest BCUT2D eigenvalue weighted by atomic mass is 32.2. The zero-order valence-corrected chi connectivity index (χ0v) is 12.7. The number of nitrogen functional groups attached to an aromatic ring is 1. The zero-order valence-electron chi connectivity index (χ0n) is 11.9. The van der Waals surface area contributed by atoms with E-state index in [1.54, 1.807) is 19.1 Å². The van der Waals surface area contributed by atoms with Gasteiger partial charge in [-0.1, -0.05) is 6.07 Å². The minimum Gasteiger partial charge on any atom is -0.450 e. The van der Waals surface area contributed by atoms with Gasteiger partial charge in [0.2, 0.25) is 10.0 Å². The molecule has 7 nitrogen and oxygen atoms in total. The van der Waals surface area contributed by atoms with Gasteiger partial charge in [-0.05, 0) is 25.1 Å². The molecule has 21 heavy (non-hydrogen) atoms. The Bertz CT molecular complexity index is 610. The first-order valence-corrected chi connectivity index (χ1v) is 8.16. The van der Waals surface area contributed by atoms with E-state index in [-0.39, 0.29) is 18.0 Å². The zero-order chi connectivity index (χ0) is 15.5. The summed E-state index contributed by atoms with van der Waals surface area (Å²) in [4.78, 5) is 13.3. The molecule has 1 heterocycles. The second kappa shape index (κ2) is 6.31. The van der Waals surface area contributed by atoms with Gasteiger partial charge in [0, 0.05) is 31.9 Å². The molecule has 2 rings (SSSR count). The van der Waals surface area contributed by atoms with Crippen LogP contribution < -0.4 is 5.73 Å². The van der Waals surface area contributed by atoms with Crippen LogP contribution in [-0.2, 0) is 14.8 Å². The molecule has 8 heteroatoms. The van der Waals surface area contributed by atoms with Crippen LogP contribution in [0.4, 0.5) is 10.5 Å². The highest BCUT2D eigenvalue weighted by molar-refractivity contribution is 7.89. The van der Waals surface area contributed by atoms with Crippen molar-refractivity contribution in [1.29, 1.82) is 0 Å². The van der Waals surface area contributed by atoms with Crippen LogP contribution in [0.1, 0.15) is 6.92 Å². The highest BCUT2D eigenvalue weighted by Crippen LogP contribution is 2.19. The number of piperazine rings is 1. The second-order valence-corrected chi connectivity index (χ2v) is 6.60. The van der Waals surface area contributed by atoms with Crippen LogP contribution in [0.25, 0.3) is 0 Å². The van der Waals surface area contributed by atoms with Gasteiger partial charge in [-0.2, -0.15) is 4.31 Å². The van der Waals surface area contributed by atoms with E-state index >= 15 is 0 Å². The molecular weight excluding hydrogens is 294 g/mol. The first kappa shape index (κ1) is 15.6. The van der Waals surface area contributed by atoms with Gasteiger partial charge in [0.05, 0.1) is 11.5 Å². The summed E-state index contributed by atoms with van der Waals surface area (Å²) in [7, 11) is -3.57. The monoisotopic (exact) mass is 313 g/mol. The van der Waals surface area contributed by atoms with E-state index in [2.05, 4.69) is 0 Å². The molecule has 1 aromatic carbocycles. The summed E-state index contributed by atoms with van der Waals surface area (Å²) in [6, 6.07) is 6.20. The number of ether oxygens (including phenoxy) is 1. The summed E-state index contributed by atoms with van der Waals surface area (Å²) in [5.74, 6) is 0. The summed E-state index contributed by atoms with van der Waals surface area (Å²) in [6.07, 6.45) is -0.404. The van der Waals surface area contributed by atoms with Crippen LogP contribution in [0.3, 0.4) is 0 Å². The molecule has 0 unspecified atom stereocenters. The van der Waals surface area contributed by atoms with Gasteiger partial charge >= 0.3 is 6.09 Å². The number of rotatable bonds is 3. The summed E-state index contributed by atoms with van der Waals surface area (Å²) in [5.41, 5.74) is 6.03. The van der Waals surface area contributed by atoms with Gasteiger partial charge in [0.1, 0.15) is 0 Å². The van der Waals surface area contributed by atoms with E-state index in [0.29, 0.717) is 25.4 Å². The Balaban J connectivity index is 2.06. The fourth-order valence-corrected chi connectivity index (χ4v) is 3.63. The van der Waals surface area contributed by atoms with Crippen LogP contribution in [0.2, 0.25) is 0 Å². The lowest BCUT2D eigenvalue weighted by atomic mass is 10.3. The molecule has 0 aromatic heterocycles. The van der Waals surface area contributed by atoms with Gasteiger partial charge in [-0.25, -0.2) is 13.2 Å². The predicted molar refractivity (Wildman–Crippen MR) is 78.2 cm³/mol. The largest absolute Gasteiger partial charge is 0.450 e. The second-order valence-electron chi connectivity index (χ2n) is 4.66. The summed E-state index contributed by atoms with van der Waals surface area (Å²) >= 11 is 0.